The predicted octanol–water partition coefficient (Wildman–Crippen LogP) is 13.0. The van der Waals surface area contributed by atoms with Crippen molar-refractivity contribution in [2.75, 3.05) is 0 Å². The molecule has 0 saturated heterocycles. The van der Waals surface area contributed by atoms with Gasteiger partial charge in [0.05, 0.1) is 11.2 Å². The summed E-state index contributed by atoms with van der Waals surface area (Å²) < 4.78 is 4.53. The third-order valence-electron chi connectivity index (χ3n) is 11.6. The van der Waals surface area contributed by atoms with Gasteiger partial charge in [-0.1, -0.05) is 129 Å². The van der Waals surface area contributed by atoms with Crippen LogP contribution in [0.3, 0.4) is 0 Å². The summed E-state index contributed by atoms with van der Waals surface area (Å²) in [7, 11) is 0. The van der Waals surface area contributed by atoms with Gasteiger partial charge in [-0.25, -0.2) is 9.97 Å². The summed E-state index contributed by atoms with van der Waals surface area (Å²) in [5.41, 5.74) is 13.6. The molecule has 0 aliphatic heterocycles. The average molecular weight is 942 g/mol. The second kappa shape index (κ2) is 14.5. The molecule has 6 nitrogen and oxygen atoms in total. The first kappa shape index (κ1) is 39.5. The van der Waals surface area contributed by atoms with E-state index in [1.54, 1.807) is 0 Å². The maximum Gasteiger partial charge on any atom is 2.00 e. The number of rotatable bonds is 6. The summed E-state index contributed by atoms with van der Waals surface area (Å²) in [5, 5.41) is 14.1. The fourth-order valence-corrected chi connectivity index (χ4v) is 8.39. The molecule has 0 atom stereocenters. The van der Waals surface area contributed by atoms with Gasteiger partial charge in [-0.2, -0.15) is 6.07 Å². The number of hydrogen-bond donors (Lipinski definition) is 0. The van der Waals surface area contributed by atoms with E-state index in [1.165, 1.54) is 33.2 Å². The Kier molecular flexibility index (Phi) is 9.87. The third kappa shape index (κ3) is 6.60. The van der Waals surface area contributed by atoms with Gasteiger partial charge in [0, 0.05) is 33.7 Å². The zero-order valence-corrected chi connectivity index (χ0v) is 37.3. The van der Waals surface area contributed by atoms with E-state index in [9.17, 15) is 0 Å². The fourth-order valence-electron chi connectivity index (χ4n) is 8.39. The summed E-state index contributed by atoms with van der Waals surface area (Å²) in [4.78, 5) is 10.4. The second-order valence-electron chi connectivity index (χ2n) is 18.2. The van der Waals surface area contributed by atoms with Crippen LogP contribution in [0, 0.1) is 6.07 Å². The second-order valence-corrected chi connectivity index (χ2v) is 18.2. The number of pyridine rings is 2. The van der Waals surface area contributed by atoms with Crippen molar-refractivity contribution < 1.29 is 21.1 Å². The summed E-state index contributed by atoms with van der Waals surface area (Å²) in [6.45, 7) is 22.5. The molecule has 9 aromatic rings. The minimum Gasteiger partial charge on any atom is -0.573 e. The number of benzene rings is 4. The standard InChI is InChI=1S/C51H50N6.Pt/c1-30(2)35-15-13-16-36(31(3)4)48(35)43-29-42(54-55-43)41-22-21-39-40-26-32(50(5,6)7)18-23-45(40)56(49(39)53-41)34-19-20-38-37-14-11-12-17-44(37)57(46(38)28-34)47-27-33(24-25-52-47)51(8,9)10;/h11-27,29-31H,1-10H3;/q-2;+2. The molecule has 0 aliphatic rings. The first-order valence-electron chi connectivity index (χ1n) is 20.2. The van der Waals surface area contributed by atoms with E-state index in [0.717, 1.165) is 66.9 Å². The van der Waals surface area contributed by atoms with Crippen molar-refractivity contribution in [3.63, 3.8) is 0 Å². The van der Waals surface area contributed by atoms with Gasteiger partial charge in [0.15, 0.2) is 0 Å². The van der Waals surface area contributed by atoms with Crippen LogP contribution in [0.25, 0.3) is 77.9 Å². The molecule has 0 spiro atoms. The van der Waals surface area contributed by atoms with Crippen molar-refractivity contribution in [2.24, 2.45) is 0 Å². The molecular weight excluding hydrogens is 892 g/mol. The molecule has 0 saturated carbocycles. The average Bonchev–Trinajstić information content (AvgIpc) is 3.89. The Morgan fingerprint density at radius 3 is 1.98 bits per heavy atom. The van der Waals surface area contributed by atoms with Crippen molar-refractivity contribution in [2.45, 2.75) is 91.9 Å². The molecule has 0 bridgehead atoms. The maximum atomic E-state index is 5.44. The molecule has 9 rings (SSSR count). The Morgan fingerprint density at radius 1 is 0.603 bits per heavy atom. The number of aromatic nitrogens is 6. The van der Waals surface area contributed by atoms with E-state index < -0.39 is 0 Å². The largest absolute Gasteiger partial charge is 2.00 e. The first-order valence-corrected chi connectivity index (χ1v) is 20.2. The van der Waals surface area contributed by atoms with Crippen molar-refractivity contribution in [1.29, 1.82) is 0 Å². The maximum absolute atomic E-state index is 5.44. The molecule has 4 aromatic carbocycles. The normalized spacial score (nSPS) is 12.5. The van der Waals surface area contributed by atoms with E-state index in [1.807, 2.05) is 6.20 Å². The number of para-hydroxylation sites is 1. The summed E-state index contributed by atoms with van der Waals surface area (Å²) in [6.07, 6.45) is 1.93. The monoisotopic (exact) mass is 941 g/mol. The summed E-state index contributed by atoms with van der Waals surface area (Å²) in [6, 6.07) is 41.1. The molecule has 0 N–H and O–H groups in total. The Morgan fingerprint density at radius 2 is 1.28 bits per heavy atom. The zero-order chi connectivity index (χ0) is 40.0. The molecule has 294 valence electrons. The van der Waals surface area contributed by atoms with Gasteiger partial charge in [-0.05, 0) is 98.8 Å². The van der Waals surface area contributed by atoms with Crippen LogP contribution in [0.2, 0.25) is 0 Å². The van der Waals surface area contributed by atoms with Crippen LogP contribution < -0.4 is 5.10 Å². The Labute approximate surface area is 356 Å². The van der Waals surface area contributed by atoms with E-state index in [2.05, 4.69) is 188 Å². The van der Waals surface area contributed by atoms with Gasteiger partial charge in [0.25, 0.3) is 0 Å². The third-order valence-corrected chi connectivity index (χ3v) is 11.6. The number of hydrogen-bond acceptors (Lipinski definition) is 3. The molecule has 0 fully saturated rings. The Hall–Kier alpha value is -5.32. The number of nitrogens with zero attached hydrogens (tertiary/aromatic N) is 6. The molecule has 0 unspecified atom stereocenters. The molecule has 0 aliphatic carbocycles. The van der Waals surface area contributed by atoms with Gasteiger partial charge in [0.2, 0.25) is 0 Å². The van der Waals surface area contributed by atoms with Crippen molar-refractivity contribution >= 4 is 43.7 Å². The SMILES string of the molecule is CC(C)c1cccc(C(C)C)c1-c1cc(-c2ccc3c4cc(C(C)(C)C)ccc4n(-c4[c-]c5c(cc4)c4ccccc4n5-c4cc(C(C)(C)C)ccn4)c3n2)[n-]n1.[Pt+2]. The molecule has 58 heavy (non-hydrogen) atoms. The summed E-state index contributed by atoms with van der Waals surface area (Å²) >= 11 is 0. The van der Waals surface area contributed by atoms with Crippen LogP contribution in [0.15, 0.2) is 109 Å². The fraction of sp³-hybridized carbons (Fsp3) is 0.275. The quantitative estimate of drug-likeness (QED) is 0.156. The summed E-state index contributed by atoms with van der Waals surface area (Å²) in [5.74, 6) is 1.59. The van der Waals surface area contributed by atoms with Gasteiger partial charge in [0.1, 0.15) is 11.5 Å². The number of fused-ring (bicyclic) bond motifs is 6. The van der Waals surface area contributed by atoms with Crippen LogP contribution in [-0.2, 0) is 31.9 Å². The van der Waals surface area contributed by atoms with E-state index in [0.29, 0.717) is 11.8 Å². The van der Waals surface area contributed by atoms with Gasteiger partial charge in [-0.15, -0.1) is 17.5 Å². The molecule has 5 heterocycles. The van der Waals surface area contributed by atoms with Crippen molar-refractivity contribution in [1.82, 2.24) is 29.3 Å². The Balaban J connectivity index is 0.00000469. The van der Waals surface area contributed by atoms with Crippen LogP contribution in [0.1, 0.15) is 103 Å². The predicted molar refractivity (Wildman–Crippen MR) is 237 cm³/mol. The van der Waals surface area contributed by atoms with E-state index in [-0.39, 0.29) is 31.9 Å². The van der Waals surface area contributed by atoms with Crippen molar-refractivity contribution in [3.05, 3.63) is 138 Å². The zero-order valence-electron chi connectivity index (χ0n) is 35.0. The van der Waals surface area contributed by atoms with Gasteiger partial charge < -0.3 is 19.3 Å². The molecular formula is C51H50N6Pt. The van der Waals surface area contributed by atoms with Crippen LogP contribution in [0.4, 0.5) is 0 Å². The van der Waals surface area contributed by atoms with E-state index >= 15 is 0 Å². The minimum atomic E-state index is -0.0229. The van der Waals surface area contributed by atoms with Gasteiger partial charge in [-0.3, -0.25) is 0 Å². The Bertz CT molecular complexity index is 2970. The topological polar surface area (TPSA) is 62.6 Å². The molecule has 0 radical (unpaired) electrons. The molecule has 0 amide bonds. The molecule has 5 aromatic heterocycles. The van der Waals surface area contributed by atoms with Gasteiger partial charge >= 0.3 is 21.1 Å². The smallest absolute Gasteiger partial charge is 0.573 e. The van der Waals surface area contributed by atoms with Crippen molar-refractivity contribution in [3.8, 4) is 34.2 Å². The van der Waals surface area contributed by atoms with Crippen LogP contribution >= 0.6 is 0 Å². The van der Waals surface area contributed by atoms with Crippen LogP contribution in [0.5, 0.6) is 0 Å². The van der Waals surface area contributed by atoms with Crippen LogP contribution in [-0.4, -0.2) is 24.2 Å². The van der Waals surface area contributed by atoms with E-state index in [4.69, 9.17) is 20.2 Å². The minimum absolute atomic E-state index is 0. The molecule has 7 heteroatoms. The first-order chi connectivity index (χ1) is 27.2.